The Labute approximate surface area is 182 Å². The molecule has 2 atom stereocenters. The average Bonchev–Trinajstić information content (AvgIpc) is 3.29. The lowest BCUT2D eigenvalue weighted by Crippen LogP contribution is -2.23. The Morgan fingerprint density at radius 3 is 2.78 bits per heavy atom. The molecule has 10 nitrogen and oxygen atoms in total. The number of aliphatic hydroxyl groups excluding tert-OH is 1. The zero-order chi connectivity index (χ0) is 21.8. The van der Waals surface area contributed by atoms with Gasteiger partial charge in [0, 0.05) is 23.6 Å². The Balaban J connectivity index is 1.41. The minimum absolute atomic E-state index is 0.0323. The molecular weight excluding hydrogens is 410 g/mol. The van der Waals surface area contributed by atoms with Crippen LogP contribution in [0.2, 0.25) is 0 Å². The summed E-state index contributed by atoms with van der Waals surface area (Å²) >= 11 is 0. The van der Waals surface area contributed by atoms with Crippen LogP contribution < -0.4 is 16.0 Å². The fourth-order valence-electron chi connectivity index (χ4n) is 4.26. The molecule has 10 heteroatoms. The molecular formula is C22H21N7O3. The van der Waals surface area contributed by atoms with E-state index in [2.05, 4.69) is 31.0 Å². The van der Waals surface area contributed by atoms with Gasteiger partial charge in [-0.2, -0.15) is 19.6 Å². The van der Waals surface area contributed by atoms with Gasteiger partial charge < -0.3 is 15.7 Å². The van der Waals surface area contributed by atoms with Gasteiger partial charge in [-0.1, -0.05) is 24.3 Å². The van der Waals surface area contributed by atoms with Crippen molar-refractivity contribution in [2.75, 3.05) is 10.6 Å². The van der Waals surface area contributed by atoms with Gasteiger partial charge in [-0.3, -0.25) is 14.9 Å². The van der Waals surface area contributed by atoms with E-state index in [1.54, 1.807) is 16.8 Å². The number of carbonyl (C=O) groups excluding carboxylic acids is 2. The van der Waals surface area contributed by atoms with Crippen LogP contribution in [0.1, 0.15) is 42.0 Å². The van der Waals surface area contributed by atoms with E-state index >= 15 is 0 Å². The van der Waals surface area contributed by atoms with Crippen molar-refractivity contribution in [3.8, 4) is 0 Å². The first-order valence-electron chi connectivity index (χ1n) is 10.6. The van der Waals surface area contributed by atoms with Crippen LogP contribution in [0, 0.1) is 0 Å². The van der Waals surface area contributed by atoms with E-state index in [1.165, 1.54) is 0 Å². The van der Waals surface area contributed by atoms with E-state index in [4.69, 9.17) is 0 Å². The SMILES string of the molecule is O=C1C/C(=C\c2cnn3c(NC4CC4)nc(N[C@H]4c5ccccc5C[C@H]4O)nc23)C(=O)N1. The van der Waals surface area contributed by atoms with Crippen molar-refractivity contribution in [2.45, 2.75) is 43.9 Å². The Kier molecular flexibility index (Phi) is 4.22. The highest BCUT2D eigenvalue weighted by molar-refractivity contribution is 6.15. The number of imide groups is 1. The van der Waals surface area contributed by atoms with E-state index < -0.39 is 12.0 Å². The van der Waals surface area contributed by atoms with Gasteiger partial charge in [-0.25, -0.2) is 0 Å². The first kappa shape index (κ1) is 18.9. The number of aliphatic hydroxyl groups is 1. The molecule has 1 aromatic carbocycles. The van der Waals surface area contributed by atoms with Gasteiger partial charge in [0.2, 0.25) is 17.8 Å². The summed E-state index contributed by atoms with van der Waals surface area (Å²) < 4.78 is 1.60. The third kappa shape index (κ3) is 3.28. The average molecular weight is 431 g/mol. The van der Waals surface area contributed by atoms with E-state index in [0.29, 0.717) is 41.1 Å². The number of hydrogen-bond acceptors (Lipinski definition) is 8. The number of aromatic nitrogens is 4. The van der Waals surface area contributed by atoms with Gasteiger partial charge in [0.15, 0.2) is 5.65 Å². The van der Waals surface area contributed by atoms with Crippen LogP contribution in [0.15, 0.2) is 36.0 Å². The summed E-state index contributed by atoms with van der Waals surface area (Å²) in [5, 5.41) is 24.0. The number of hydrogen-bond donors (Lipinski definition) is 4. The predicted octanol–water partition coefficient (Wildman–Crippen LogP) is 1.20. The van der Waals surface area contributed by atoms with Gasteiger partial charge in [0.1, 0.15) is 0 Å². The molecule has 2 fully saturated rings. The molecule has 4 N–H and O–H groups in total. The molecule has 1 aliphatic heterocycles. The predicted molar refractivity (Wildman–Crippen MR) is 116 cm³/mol. The minimum atomic E-state index is -0.591. The molecule has 2 amide bonds. The van der Waals surface area contributed by atoms with Gasteiger partial charge in [0.25, 0.3) is 5.91 Å². The van der Waals surface area contributed by atoms with Gasteiger partial charge in [-0.15, -0.1) is 0 Å². The number of fused-ring (bicyclic) bond motifs is 2. The molecule has 2 aliphatic carbocycles. The third-order valence-corrected chi connectivity index (χ3v) is 6.02. The summed E-state index contributed by atoms with van der Waals surface area (Å²) in [5.41, 5.74) is 3.61. The highest BCUT2D eigenvalue weighted by Crippen LogP contribution is 2.34. The van der Waals surface area contributed by atoms with Crippen LogP contribution >= 0.6 is 0 Å². The van der Waals surface area contributed by atoms with E-state index in [-0.39, 0.29) is 18.4 Å². The van der Waals surface area contributed by atoms with Crippen LogP contribution in [0.3, 0.4) is 0 Å². The van der Waals surface area contributed by atoms with E-state index in [9.17, 15) is 14.7 Å². The Morgan fingerprint density at radius 2 is 2.00 bits per heavy atom. The molecule has 3 aromatic rings. The lowest BCUT2D eigenvalue weighted by molar-refractivity contribution is -0.124. The van der Waals surface area contributed by atoms with Crippen LogP contribution in [0.25, 0.3) is 11.7 Å². The smallest absolute Gasteiger partial charge is 0.254 e. The highest BCUT2D eigenvalue weighted by Gasteiger charge is 2.32. The molecule has 3 heterocycles. The first-order valence-corrected chi connectivity index (χ1v) is 10.6. The second-order valence-corrected chi connectivity index (χ2v) is 8.44. The summed E-state index contributed by atoms with van der Waals surface area (Å²) in [6.07, 6.45) is 5.37. The zero-order valence-electron chi connectivity index (χ0n) is 17.1. The zero-order valence-corrected chi connectivity index (χ0v) is 17.1. The summed E-state index contributed by atoms with van der Waals surface area (Å²) in [6, 6.07) is 7.93. The summed E-state index contributed by atoms with van der Waals surface area (Å²) in [7, 11) is 0. The van der Waals surface area contributed by atoms with Gasteiger partial charge in [-0.05, 0) is 30.0 Å². The molecule has 0 spiro atoms. The molecule has 32 heavy (non-hydrogen) atoms. The van der Waals surface area contributed by atoms with Crippen molar-refractivity contribution in [2.24, 2.45) is 0 Å². The molecule has 6 rings (SSSR count). The van der Waals surface area contributed by atoms with Crippen LogP contribution in [-0.2, 0) is 16.0 Å². The molecule has 1 saturated heterocycles. The number of rotatable bonds is 5. The Morgan fingerprint density at radius 1 is 1.16 bits per heavy atom. The molecule has 1 saturated carbocycles. The quantitative estimate of drug-likeness (QED) is 0.350. The summed E-state index contributed by atoms with van der Waals surface area (Å²) in [4.78, 5) is 32.8. The second-order valence-electron chi connectivity index (χ2n) is 8.44. The third-order valence-electron chi connectivity index (χ3n) is 6.02. The molecule has 162 valence electrons. The standard InChI is InChI=1S/C22H21N7O3/c30-16-8-11-3-1-2-4-15(11)18(16)26-21-27-19-13(7-12-9-17(31)25-20(12)32)10-23-29(19)22(28-21)24-14-5-6-14/h1-4,7,10,14,16,18,30H,5-6,8-9H2,(H,25,31,32)(H2,24,26,27,28)/b12-7+/t16-,18+/m1/s1. The van der Waals surface area contributed by atoms with Crippen LogP contribution in [-0.4, -0.2) is 48.6 Å². The normalized spacial score (nSPS) is 23.6. The van der Waals surface area contributed by atoms with Crippen molar-refractivity contribution >= 4 is 35.4 Å². The number of amides is 2. The van der Waals surface area contributed by atoms with E-state index in [1.807, 2.05) is 24.3 Å². The van der Waals surface area contributed by atoms with Crippen molar-refractivity contribution in [1.29, 1.82) is 0 Å². The highest BCUT2D eigenvalue weighted by atomic mass is 16.3. The molecule has 2 aromatic heterocycles. The maximum absolute atomic E-state index is 12.0. The number of nitrogens with one attached hydrogen (secondary N) is 3. The van der Waals surface area contributed by atoms with E-state index in [0.717, 1.165) is 24.0 Å². The maximum atomic E-state index is 12.0. The van der Waals surface area contributed by atoms with Gasteiger partial charge in [0.05, 0.1) is 24.8 Å². The number of benzene rings is 1. The minimum Gasteiger partial charge on any atom is -0.390 e. The summed E-state index contributed by atoms with van der Waals surface area (Å²) in [5.74, 6) is 0.175. The van der Waals surface area contributed by atoms with Gasteiger partial charge >= 0.3 is 0 Å². The number of nitrogens with zero attached hydrogens (tertiary/aromatic N) is 4. The van der Waals surface area contributed by atoms with Crippen molar-refractivity contribution < 1.29 is 14.7 Å². The molecule has 0 bridgehead atoms. The van der Waals surface area contributed by atoms with Crippen molar-refractivity contribution in [3.05, 3.63) is 52.7 Å². The lowest BCUT2D eigenvalue weighted by Gasteiger charge is -2.18. The summed E-state index contributed by atoms with van der Waals surface area (Å²) in [6.45, 7) is 0. The van der Waals surface area contributed by atoms with Crippen molar-refractivity contribution in [3.63, 3.8) is 0 Å². The Bertz CT molecular complexity index is 1290. The molecule has 0 unspecified atom stereocenters. The monoisotopic (exact) mass is 431 g/mol. The number of anilines is 2. The fraction of sp³-hybridized carbons (Fsp3) is 0.318. The van der Waals surface area contributed by atoms with Crippen molar-refractivity contribution in [1.82, 2.24) is 24.9 Å². The Hall–Kier alpha value is -3.79. The lowest BCUT2D eigenvalue weighted by atomic mass is 10.1. The first-order chi connectivity index (χ1) is 15.5. The largest absolute Gasteiger partial charge is 0.390 e. The second kappa shape index (κ2) is 7.13. The fourth-order valence-corrected chi connectivity index (χ4v) is 4.26. The maximum Gasteiger partial charge on any atom is 0.254 e. The van der Waals surface area contributed by atoms with Crippen LogP contribution in [0.5, 0.6) is 0 Å². The molecule has 3 aliphatic rings. The topological polar surface area (TPSA) is 134 Å². The van der Waals surface area contributed by atoms with Crippen LogP contribution in [0.4, 0.5) is 11.9 Å². The number of carbonyl (C=O) groups is 2. The molecule has 0 radical (unpaired) electrons.